The molecule has 0 fully saturated rings. The van der Waals surface area contributed by atoms with Gasteiger partial charge in [-0.2, -0.15) is 0 Å². The fourth-order valence-electron chi connectivity index (χ4n) is 1.11. The van der Waals surface area contributed by atoms with Gasteiger partial charge in [0.2, 0.25) is 0 Å². The van der Waals surface area contributed by atoms with E-state index in [4.69, 9.17) is 9.84 Å². The summed E-state index contributed by atoms with van der Waals surface area (Å²) in [5.74, 6) is -0.313. The first-order chi connectivity index (χ1) is 6.27. The number of rotatable bonds is 1. The molecule has 0 radical (unpaired) electrons. The molecule has 0 aliphatic carbocycles. The summed E-state index contributed by atoms with van der Waals surface area (Å²) < 4.78 is 5.12. The van der Waals surface area contributed by atoms with Crippen LogP contribution in [0.2, 0.25) is 0 Å². The zero-order valence-electron chi connectivity index (χ0n) is 6.65. The van der Waals surface area contributed by atoms with Crippen molar-refractivity contribution in [3.63, 3.8) is 0 Å². The van der Waals surface area contributed by atoms with E-state index in [-0.39, 0.29) is 5.56 Å². The third-order valence-corrected chi connectivity index (χ3v) is 1.73. The van der Waals surface area contributed by atoms with E-state index >= 15 is 0 Å². The lowest BCUT2D eigenvalue weighted by molar-refractivity contribution is 0.0697. The van der Waals surface area contributed by atoms with Crippen molar-refractivity contribution < 1.29 is 14.6 Å². The summed E-state index contributed by atoms with van der Waals surface area (Å²) in [4.78, 5) is 10.6. The van der Waals surface area contributed by atoms with Gasteiger partial charge in [0.25, 0.3) is 0 Å². The van der Waals surface area contributed by atoms with Crippen LogP contribution in [0.1, 0.15) is 10.4 Å². The number of hydrogen-bond donors (Lipinski definition) is 2. The molecule has 1 heterocycles. The van der Waals surface area contributed by atoms with Crippen LogP contribution >= 0.6 is 0 Å². The average molecular weight is 177 g/mol. The van der Waals surface area contributed by atoms with Gasteiger partial charge in [0, 0.05) is 6.20 Å². The molecule has 0 saturated heterocycles. The Kier molecular flexibility index (Phi) is 1.66. The summed E-state index contributed by atoms with van der Waals surface area (Å²) in [6.45, 7) is 0. The van der Waals surface area contributed by atoms with Gasteiger partial charge in [-0.25, -0.2) is 4.79 Å². The lowest BCUT2D eigenvalue weighted by Crippen LogP contribution is -2.02. The summed E-state index contributed by atoms with van der Waals surface area (Å²) >= 11 is 0. The second kappa shape index (κ2) is 2.82. The zero-order valence-corrected chi connectivity index (χ0v) is 6.65. The first-order valence-corrected chi connectivity index (χ1v) is 3.73. The molecule has 4 heteroatoms. The monoisotopic (exact) mass is 177 g/mol. The molecule has 0 aromatic heterocycles. The summed E-state index contributed by atoms with van der Waals surface area (Å²) in [5, 5.41) is 11.6. The highest BCUT2D eigenvalue weighted by Gasteiger charge is 2.09. The van der Waals surface area contributed by atoms with Crippen molar-refractivity contribution in [2.45, 2.75) is 0 Å². The number of nitrogens with one attached hydrogen (secondary N) is 1. The number of ether oxygens (including phenoxy) is 1. The Balaban J connectivity index is 2.44. The predicted octanol–water partition coefficient (Wildman–Crippen LogP) is 1.66. The molecule has 0 bridgehead atoms. The molecule has 0 amide bonds. The minimum atomic E-state index is -0.945. The number of carboxylic acid groups (broad SMARTS) is 1. The van der Waals surface area contributed by atoms with Crippen LogP contribution in [0, 0.1) is 0 Å². The van der Waals surface area contributed by atoms with Crippen molar-refractivity contribution >= 4 is 11.7 Å². The lowest BCUT2D eigenvalue weighted by atomic mass is 10.2. The fourth-order valence-corrected chi connectivity index (χ4v) is 1.11. The van der Waals surface area contributed by atoms with Crippen LogP contribution in [0.5, 0.6) is 5.75 Å². The third kappa shape index (κ3) is 1.33. The molecule has 66 valence electrons. The maximum atomic E-state index is 10.6. The number of hydrogen-bond acceptors (Lipinski definition) is 3. The molecule has 4 nitrogen and oxygen atoms in total. The molecule has 0 atom stereocenters. The SMILES string of the molecule is O=C(O)c1ccc2c(c1)NC=CO2. The van der Waals surface area contributed by atoms with Gasteiger partial charge in [-0.15, -0.1) is 0 Å². The van der Waals surface area contributed by atoms with Crippen molar-refractivity contribution in [1.29, 1.82) is 0 Å². The maximum absolute atomic E-state index is 10.6. The quantitative estimate of drug-likeness (QED) is 0.684. The van der Waals surface area contributed by atoms with E-state index in [1.54, 1.807) is 12.3 Å². The minimum Gasteiger partial charge on any atom is -0.478 e. The van der Waals surface area contributed by atoms with Crippen LogP contribution in [-0.4, -0.2) is 11.1 Å². The Morgan fingerprint density at radius 2 is 2.31 bits per heavy atom. The summed E-state index contributed by atoms with van der Waals surface area (Å²) in [6.07, 6.45) is 3.11. The average Bonchev–Trinajstić information content (AvgIpc) is 2.17. The Morgan fingerprint density at radius 1 is 1.46 bits per heavy atom. The van der Waals surface area contributed by atoms with Crippen LogP contribution in [0.25, 0.3) is 0 Å². The van der Waals surface area contributed by atoms with Gasteiger partial charge in [0.15, 0.2) is 0 Å². The van der Waals surface area contributed by atoms with Gasteiger partial charge >= 0.3 is 5.97 Å². The second-order valence-electron chi connectivity index (χ2n) is 2.58. The summed E-state index contributed by atoms with van der Waals surface area (Å²) in [7, 11) is 0. The highest BCUT2D eigenvalue weighted by molar-refractivity contribution is 5.89. The Bertz CT molecular complexity index is 384. The topological polar surface area (TPSA) is 58.6 Å². The van der Waals surface area contributed by atoms with E-state index in [1.165, 1.54) is 18.4 Å². The number of carboxylic acids is 1. The number of anilines is 1. The fraction of sp³-hybridized carbons (Fsp3) is 0. The van der Waals surface area contributed by atoms with Gasteiger partial charge in [0.1, 0.15) is 12.0 Å². The van der Waals surface area contributed by atoms with E-state index in [9.17, 15) is 4.79 Å². The van der Waals surface area contributed by atoms with Crippen molar-refractivity contribution in [2.75, 3.05) is 5.32 Å². The summed E-state index contributed by atoms with van der Waals surface area (Å²) in [6, 6.07) is 4.65. The van der Waals surface area contributed by atoms with Crippen LogP contribution in [0.15, 0.2) is 30.7 Å². The highest BCUT2D eigenvalue weighted by atomic mass is 16.5. The number of aromatic carboxylic acids is 1. The molecule has 2 N–H and O–H groups in total. The van der Waals surface area contributed by atoms with Crippen molar-refractivity contribution in [3.8, 4) is 5.75 Å². The number of benzene rings is 1. The second-order valence-corrected chi connectivity index (χ2v) is 2.58. The Morgan fingerprint density at radius 3 is 3.08 bits per heavy atom. The Hall–Kier alpha value is -1.97. The summed E-state index contributed by atoms with van der Waals surface area (Å²) in [5.41, 5.74) is 0.910. The van der Waals surface area contributed by atoms with Crippen LogP contribution in [0.4, 0.5) is 5.69 Å². The molecule has 2 rings (SSSR count). The lowest BCUT2D eigenvalue weighted by Gasteiger charge is -2.12. The van der Waals surface area contributed by atoms with Crippen molar-refractivity contribution in [1.82, 2.24) is 0 Å². The Labute approximate surface area is 74.4 Å². The molecule has 0 saturated carbocycles. The molecule has 1 aliphatic heterocycles. The highest BCUT2D eigenvalue weighted by Crippen LogP contribution is 2.28. The van der Waals surface area contributed by atoms with E-state index in [0.717, 1.165) is 0 Å². The van der Waals surface area contributed by atoms with Crippen LogP contribution in [0.3, 0.4) is 0 Å². The molecule has 1 aliphatic rings. The predicted molar refractivity (Wildman–Crippen MR) is 46.8 cm³/mol. The number of fused-ring (bicyclic) bond motifs is 1. The molecule has 0 spiro atoms. The number of carbonyl (C=O) groups is 1. The zero-order chi connectivity index (χ0) is 9.26. The van der Waals surface area contributed by atoms with Gasteiger partial charge in [-0.1, -0.05) is 0 Å². The van der Waals surface area contributed by atoms with Crippen LogP contribution in [-0.2, 0) is 0 Å². The first kappa shape index (κ1) is 7.67. The van der Waals surface area contributed by atoms with Crippen LogP contribution < -0.4 is 10.1 Å². The van der Waals surface area contributed by atoms with Crippen molar-refractivity contribution in [2.24, 2.45) is 0 Å². The van der Waals surface area contributed by atoms with E-state index in [0.29, 0.717) is 11.4 Å². The molecule has 1 aromatic rings. The third-order valence-electron chi connectivity index (χ3n) is 1.73. The first-order valence-electron chi connectivity index (χ1n) is 3.73. The molecular formula is C9H7NO3. The standard InChI is InChI=1S/C9H7NO3/c11-9(12)6-1-2-8-7(5-6)10-3-4-13-8/h1-5,10H,(H,11,12). The van der Waals surface area contributed by atoms with Crippen molar-refractivity contribution in [3.05, 3.63) is 36.2 Å². The van der Waals surface area contributed by atoms with Gasteiger partial charge in [-0.05, 0) is 18.2 Å². The molecule has 13 heavy (non-hydrogen) atoms. The molecule has 1 aromatic carbocycles. The van der Waals surface area contributed by atoms with E-state index in [1.807, 2.05) is 0 Å². The van der Waals surface area contributed by atoms with Gasteiger partial charge in [-0.3, -0.25) is 0 Å². The molecular weight excluding hydrogens is 170 g/mol. The van der Waals surface area contributed by atoms with Gasteiger partial charge in [0.05, 0.1) is 11.3 Å². The van der Waals surface area contributed by atoms with E-state index in [2.05, 4.69) is 5.32 Å². The normalized spacial score (nSPS) is 12.6. The minimum absolute atomic E-state index is 0.241. The van der Waals surface area contributed by atoms with E-state index < -0.39 is 5.97 Å². The molecule has 0 unspecified atom stereocenters. The maximum Gasteiger partial charge on any atom is 0.335 e. The smallest absolute Gasteiger partial charge is 0.335 e. The van der Waals surface area contributed by atoms with Gasteiger partial charge < -0.3 is 15.2 Å². The largest absolute Gasteiger partial charge is 0.478 e.